The van der Waals surface area contributed by atoms with Crippen LogP contribution in [0.1, 0.15) is 37.5 Å². The van der Waals surface area contributed by atoms with Gasteiger partial charge >= 0.3 is 0 Å². The van der Waals surface area contributed by atoms with Crippen LogP contribution < -0.4 is 5.32 Å². The van der Waals surface area contributed by atoms with Gasteiger partial charge in [-0.2, -0.15) is 0 Å². The summed E-state index contributed by atoms with van der Waals surface area (Å²) in [6.45, 7) is 4.54. The van der Waals surface area contributed by atoms with Crippen LogP contribution in [0.2, 0.25) is 0 Å². The molecule has 0 radical (unpaired) electrons. The molecule has 1 aromatic heterocycles. The van der Waals surface area contributed by atoms with Crippen molar-refractivity contribution in [3.05, 3.63) is 20.8 Å². The van der Waals surface area contributed by atoms with Crippen molar-refractivity contribution in [3.63, 3.8) is 0 Å². The monoisotopic (exact) mass is 287 g/mol. The summed E-state index contributed by atoms with van der Waals surface area (Å²) in [5.41, 5.74) is 0.633. The third-order valence-corrected chi connectivity index (χ3v) is 5.28. The summed E-state index contributed by atoms with van der Waals surface area (Å²) in [7, 11) is 0. The highest BCUT2D eigenvalue weighted by molar-refractivity contribution is 9.10. The minimum absolute atomic E-state index is 0.633. The second-order valence-corrected chi connectivity index (χ2v) is 6.45. The van der Waals surface area contributed by atoms with E-state index < -0.39 is 0 Å². The van der Waals surface area contributed by atoms with Gasteiger partial charge in [-0.3, -0.25) is 0 Å². The first-order chi connectivity index (χ1) is 7.24. The second kappa shape index (κ2) is 4.98. The Hall–Kier alpha value is 0.140. The van der Waals surface area contributed by atoms with Gasteiger partial charge in [-0.25, -0.2) is 0 Å². The summed E-state index contributed by atoms with van der Waals surface area (Å²) in [5.74, 6) is 0. The van der Waals surface area contributed by atoms with Crippen molar-refractivity contribution in [2.45, 2.75) is 39.2 Å². The van der Waals surface area contributed by atoms with Crippen LogP contribution in [0.4, 0.5) is 0 Å². The highest BCUT2D eigenvalue weighted by atomic mass is 79.9. The molecule has 1 fully saturated rings. The maximum atomic E-state index is 3.60. The molecule has 0 bridgehead atoms. The molecule has 0 spiro atoms. The molecule has 1 aliphatic rings. The molecule has 0 aromatic carbocycles. The van der Waals surface area contributed by atoms with Crippen molar-refractivity contribution in [1.82, 2.24) is 5.32 Å². The molecule has 0 saturated heterocycles. The van der Waals surface area contributed by atoms with Gasteiger partial charge in [0.2, 0.25) is 0 Å². The Morgan fingerprint density at radius 1 is 1.53 bits per heavy atom. The van der Waals surface area contributed by atoms with Gasteiger partial charge in [0, 0.05) is 27.8 Å². The van der Waals surface area contributed by atoms with Gasteiger partial charge in [0.15, 0.2) is 0 Å². The third-order valence-electron chi connectivity index (χ3n) is 3.59. The lowest BCUT2D eigenvalue weighted by Crippen LogP contribution is -2.39. The van der Waals surface area contributed by atoms with E-state index in [1.165, 1.54) is 41.6 Å². The summed E-state index contributed by atoms with van der Waals surface area (Å²) in [5, 5.41) is 5.75. The highest BCUT2D eigenvalue weighted by Crippen LogP contribution is 2.43. The van der Waals surface area contributed by atoms with E-state index in [4.69, 9.17) is 0 Å². The Labute approximate surface area is 104 Å². The molecule has 1 aliphatic carbocycles. The van der Waals surface area contributed by atoms with Gasteiger partial charge in [0.1, 0.15) is 0 Å². The van der Waals surface area contributed by atoms with Crippen molar-refractivity contribution in [1.29, 1.82) is 0 Å². The number of halogens is 1. The molecule has 0 aliphatic heterocycles. The van der Waals surface area contributed by atoms with Crippen LogP contribution >= 0.6 is 27.3 Å². The molecule has 1 N–H and O–H groups in total. The summed E-state index contributed by atoms with van der Waals surface area (Å²) < 4.78 is 1.21. The van der Waals surface area contributed by atoms with E-state index in [9.17, 15) is 0 Å². The Morgan fingerprint density at radius 3 is 2.80 bits per heavy atom. The average Bonchev–Trinajstić information content (AvgIpc) is 2.56. The second-order valence-electron chi connectivity index (χ2n) is 4.54. The smallest absolute Gasteiger partial charge is 0.0300 e. The first kappa shape index (κ1) is 11.6. The van der Waals surface area contributed by atoms with E-state index in [2.05, 4.69) is 39.6 Å². The van der Waals surface area contributed by atoms with Crippen LogP contribution in [0.5, 0.6) is 0 Å². The molecule has 2 rings (SSSR count). The van der Waals surface area contributed by atoms with E-state index >= 15 is 0 Å². The molecule has 0 amide bonds. The van der Waals surface area contributed by atoms with E-state index in [1.54, 1.807) is 0 Å². The van der Waals surface area contributed by atoms with Crippen molar-refractivity contribution >= 4 is 27.3 Å². The largest absolute Gasteiger partial charge is 0.311 e. The minimum atomic E-state index is 0.633. The lowest BCUT2D eigenvalue weighted by Gasteiger charge is -2.41. The molecular weight excluding hydrogens is 270 g/mol. The van der Waals surface area contributed by atoms with E-state index in [-0.39, 0.29) is 0 Å². The van der Waals surface area contributed by atoms with Crippen LogP contribution in [0.25, 0.3) is 0 Å². The fraction of sp³-hybridized carbons (Fsp3) is 0.667. The zero-order chi connectivity index (χ0) is 10.7. The van der Waals surface area contributed by atoms with Gasteiger partial charge in [-0.1, -0.05) is 13.3 Å². The molecule has 1 nitrogen and oxygen atoms in total. The fourth-order valence-corrected chi connectivity index (χ4v) is 3.65. The molecular formula is C12H18BrNS. The minimum Gasteiger partial charge on any atom is -0.311 e. The summed E-state index contributed by atoms with van der Waals surface area (Å²) in [6.07, 6.45) is 5.60. The predicted octanol–water partition coefficient (Wildman–Crippen LogP) is 4.18. The fourth-order valence-electron chi connectivity index (χ4n) is 2.23. The molecule has 3 heteroatoms. The van der Waals surface area contributed by atoms with Crippen LogP contribution in [-0.2, 0) is 6.54 Å². The quantitative estimate of drug-likeness (QED) is 0.857. The Morgan fingerprint density at radius 2 is 2.33 bits per heavy atom. The molecule has 1 saturated carbocycles. The number of hydrogen-bond acceptors (Lipinski definition) is 2. The molecule has 84 valence electrons. The van der Waals surface area contributed by atoms with Crippen molar-refractivity contribution in [3.8, 4) is 0 Å². The number of nitrogens with one attached hydrogen (secondary N) is 1. The summed E-state index contributed by atoms with van der Waals surface area (Å²) >= 11 is 5.31. The van der Waals surface area contributed by atoms with Crippen molar-refractivity contribution < 1.29 is 0 Å². The van der Waals surface area contributed by atoms with Crippen LogP contribution in [0.3, 0.4) is 0 Å². The maximum Gasteiger partial charge on any atom is 0.0300 e. The lowest BCUT2D eigenvalue weighted by atomic mass is 9.67. The van der Waals surface area contributed by atoms with E-state index in [0.717, 1.165) is 6.54 Å². The van der Waals surface area contributed by atoms with E-state index in [1.807, 2.05) is 11.3 Å². The van der Waals surface area contributed by atoms with Crippen molar-refractivity contribution in [2.24, 2.45) is 5.41 Å². The molecule has 0 atom stereocenters. The first-order valence-corrected chi connectivity index (χ1v) is 7.35. The number of thiophene rings is 1. The molecule has 1 aromatic rings. The summed E-state index contributed by atoms with van der Waals surface area (Å²) in [6, 6.07) is 2.21. The Balaban J connectivity index is 1.74. The van der Waals surface area contributed by atoms with Gasteiger partial charge < -0.3 is 5.32 Å². The van der Waals surface area contributed by atoms with Gasteiger partial charge in [0.25, 0.3) is 0 Å². The zero-order valence-electron chi connectivity index (χ0n) is 9.18. The van der Waals surface area contributed by atoms with Crippen LogP contribution in [0, 0.1) is 5.41 Å². The Kier molecular flexibility index (Phi) is 3.86. The normalized spacial score (nSPS) is 18.8. The average molecular weight is 288 g/mol. The van der Waals surface area contributed by atoms with Gasteiger partial charge in [-0.15, -0.1) is 11.3 Å². The lowest BCUT2D eigenvalue weighted by molar-refractivity contribution is 0.124. The Bertz CT molecular complexity index is 312. The van der Waals surface area contributed by atoms with E-state index in [0.29, 0.717) is 5.41 Å². The molecule has 1 heterocycles. The van der Waals surface area contributed by atoms with Gasteiger partial charge in [0.05, 0.1) is 0 Å². The predicted molar refractivity (Wildman–Crippen MR) is 70.3 cm³/mol. The standard InChI is InChI=1S/C12H18BrNS/c1-2-12(4-3-5-12)9-14-7-11-6-10(13)8-15-11/h6,8,14H,2-5,7,9H2,1H3. The first-order valence-electron chi connectivity index (χ1n) is 5.68. The third kappa shape index (κ3) is 2.83. The maximum absolute atomic E-state index is 3.60. The SMILES string of the molecule is CCC1(CNCc2cc(Br)cs2)CCC1. The number of hydrogen-bond donors (Lipinski definition) is 1. The van der Waals surface area contributed by atoms with Gasteiger partial charge in [-0.05, 0) is 46.7 Å². The van der Waals surface area contributed by atoms with Crippen LogP contribution in [0.15, 0.2) is 15.9 Å². The topological polar surface area (TPSA) is 12.0 Å². The number of rotatable bonds is 5. The molecule has 15 heavy (non-hydrogen) atoms. The highest BCUT2D eigenvalue weighted by Gasteiger charge is 2.34. The zero-order valence-corrected chi connectivity index (χ0v) is 11.6. The molecule has 0 unspecified atom stereocenters. The summed E-state index contributed by atoms with van der Waals surface area (Å²) in [4.78, 5) is 1.42. The van der Waals surface area contributed by atoms with Crippen molar-refractivity contribution in [2.75, 3.05) is 6.54 Å². The van der Waals surface area contributed by atoms with Crippen LogP contribution in [-0.4, -0.2) is 6.54 Å².